The summed E-state index contributed by atoms with van der Waals surface area (Å²) in [6.07, 6.45) is -0.636. The van der Waals surface area contributed by atoms with E-state index < -0.39 is 36.2 Å². The molecule has 6 nitrogen and oxygen atoms in total. The summed E-state index contributed by atoms with van der Waals surface area (Å²) in [7, 11) is 0. The van der Waals surface area contributed by atoms with Crippen LogP contribution >= 0.6 is 11.8 Å². The van der Waals surface area contributed by atoms with Crippen LogP contribution in [-0.2, 0) is 14.4 Å². The third-order valence-electron chi connectivity index (χ3n) is 3.01. The number of fused-ring (bicyclic) bond motifs is 1. The molecule has 1 aromatic rings. The molecule has 106 valence electrons. The van der Waals surface area contributed by atoms with Gasteiger partial charge in [0.2, 0.25) is 5.91 Å². The van der Waals surface area contributed by atoms with Crippen LogP contribution in [0.3, 0.4) is 0 Å². The number of nitrogens with one attached hydrogen (secondary N) is 1. The van der Waals surface area contributed by atoms with E-state index in [1.165, 1.54) is 11.8 Å². The molecule has 2 rings (SSSR count). The third-order valence-corrected chi connectivity index (χ3v) is 4.19. The molecule has 20 heavy (non-hydrogen) atoms. The van der Waals surface area contributed by atoms with Crippen molar-refractivity contribution in [1.82, 2.24) is 5.32 Å². The van der Waals surface area contributed by atoms with Crippen LogP contribution in [0.1, 0.15) is 17.9 Å². The molecule has 0 bridgehead atoms. The topological polar surface area (TPSA) is 104 Å². The average molecular weight is 295 g/mol. The summed E-state index contributed by atoms with van der Waals surface area (Å²) in [6.45, 7) is 0. The number of hydrogen-bond donors (Lipinski definition) is 3. The van der Waals surface area contributed by atoms with Gasteiger partial charge in [-0.1, -0.05) is 18.2 Å². The highest BCUT2D eigenvalue weighted by molar-refractivity contribution is 7.99. The largest absolute Gasteiger partial charge is 0.481 e. The van der Waals surface area contributed by atoms with Crippen LogP contribution in [0, 0.1) is 0 Å². The van der Waals surface area contributed by atoms with E-state index in [-0.39, 0.29) is 0 Å². The summed E-state index contributed by atoms with van der Waals surface area (Å²) in [5.74, 6) is -2.97. The van der Waals surface area contributed by atoms with Crippen LogP contribution in [0.4, 0.5) is 0 Å². The molecule has 1 heterocycles. The monoisotopic (exact) mass is 295 g/mol. The molecule has 0 saturated heterocycles. The first-order valence-electron chi connectivity index (χ1n) is 5.95. The number of benzene rings is 1. The molecule has 0 spiro atoms. The summed E-state index contributed by atoms with van der Waals surface area (Å²) in [6, 6.07) is 6.01. The Labute approximate surface area is 119 Å². The summed E-state index contributed by atoms with van der Waals surface area (Å²) >= 11 is 1.53. The van der Waals surface area contributed by atoms with Gasteiger partial charge < -0.3 is 15.5 Å². The number of thioether (sulfide) groups is 1. The van der Waals surface area contributed by atoms with Gasteiger partial charge in [0, 0.05) is 10.6 Å². The van der Waals surface area contributed by atoms with Gasteiger partial charge in [-0.3, -0.25) is 9.59 Å². The van der Waals surface area contributed by atoms with Gasteiger partial charge in [-0.05, 0) is 11.6 Å². The van der Waals surface area contributed by atoms with Crippen molar-refractivity contribution in [3.63, 3.8) is 0 Å². The minimum atomic E-state index is -1.40. The molecule has 0 radical (unpaired) electrons. The zero-order valence-electron chi connectivity index (χ0n) is 10.4. The lowest BCUT2D eigenvalue weighted by Gasteiger charge is -2.16. The van der Waals surface area contributed by atoms with Crippen LogP contribution in [0.5, 0.6) is 0 Å². The van der Waals surface area contributed by atoms with Crippen LogP contribution in [-0.4, -0.2) is 39.9 Å². The number of carbonyl (C=O) groups excluding carboxylic acids is 1. The molecule has 1 aliphatic heterocycles. The first-order valence-corrected chi connectivity index (χ1v) is 6.94. The smallest absolute Gasteiger partial charge is 0.326 e. The molecule has 0 aliphatic carbocycles. The second kappa shape index (κ2) is 5.96. The van der Waals surface area contributed by atoms with Gasteiger partial charge >= 0.3 is 11.9 Å². The Hall–Kier alpha value is -2.02. The Bertz CT molecular complexity index is 559. The van der Waals surface area contributed by atoms with Gasteiger partial charge in [0.25, 0.3) is 0 Å². The van der Waals surface area contributed by atoms with Crippen LogP contribution in [0.25, 0.3) is 0 Å². The Morgan fingerprint density at radius 3 is 2.65 bits per heavy atom. The van der Waals surface area contributed by atoms with Crippen LogP contribution in [0.15, 0.2) is 29.2 Å². The molecule has 1 unspecified atom stereocenters. The maximum absolute atomic E-state index is 12.1. The number of carbonyl (C=O) groups is 3. The lowest BCUT2D eigenvalue weighted by atomic mass is 10.00. The highest BCUT2D eigenvalue weighted by Gasteiger charge is 2.32. The van der Waals surface area contributed by atoms with E-state index >= 15 is 0 Å². The van der Waals surface area contributed by atoms with Gasteiger partial charge in [-0.25, -0.2) is 4.79 Å². The van der Waals surface area contributed by atoms with Crippen molar-refractivity contribution in [3.8, 4) is 0 Å². The van der Waals surface area contributed by atoms with Crippen LogP contribution in [0.2, 0.25) is 0 Å². The Morgan fingerprint density at radius 2 is 2.00 bits per heavy atom. The molecule has 7 heteroatoms. The van der Waals surface area contributed by atoms with Crippen molar-refractivity contribution in [3.05, 3.63) is 29.8 Å². The fourth-order valence-corrected chi connectivity index (χ4v) is 3.26. The Kier molecular flexibility index (Phi) is 4.29. The van der Waals surface area contributed by atoms with E-state index in [1.54, 1.807) is 0 Å². The van der Waals surface area contributed by atoms with E-state index in [0.29, 0.717) is 5.75 Å². The van der Waals surface area contributed by atoms with Gasteiger partial charge in [0.15, 0.2) is 0 Å². The van der Waals surface area contributed by atoms with Crippen molar-refractivity contribution < 1.29 is 24.6 Å². The first-order chi connectivity index (χ1) is 9.49. The normalized spacial score (nSPS) is 18.1. The van der Waals surface area contributed by atoms with Crippen molar-refractivity contribution in [2.24, 2.45) is 0 Å². The number of hydrogen-bond acceptors (Lipinski definition) is 4. The highest BCUT2D eigenvalue weighted by atomic mass is 32.2. The molecule has 0 aromatic heterocycles. The van der Waals surface area contributed by atoms with Gasteiger partial charge in [0.1, 0.15) is 6.04 Å². The lowest BCUT2D eigenvalue weighted by Crippen LogP contribution is -2.44. The van der Waals surface area contributed by atoms with Gasteiger partial charge in [-0.2, -0.15) is 0 Å². The van der Waals surface area contributed by atoms with Crippen molar-refractivity contribution in [1.29, 1.82) is 0 Å². The number of carboxylic acid groups (broad SMARTS) is 2. The highest BCUT2D eigenvalue weighted by Crippen LogP contribution is 2.39. The Balaban J connectivity index is 2.09. The van der Waals surface area contributed by atoms with E-state index in [9.17, 15) is 14.4 Å². The van der Waals surface area contributed by atoms with E-state index in [1.807, 2.05) is 24.3 Å². The second-order valence-corrected chi connectivity index (χ2v) is 5.46. The summed E-state index contributed by atoms with van der Waals surface area (Å²) in [5.41, 5.74) is 0.856. The van der Waals surface area contributed by atoms with Crippen LogP contribution < -0.4 is 5.32 Å². The average Bonchev–Trinajstić information content (AvgIpc) is 2.81. The molecule has 0 saturated carbocycles. The standard InChI is InChI=1S/C13H13NO5S/c15-11(16)5-9(13(18)19)14-12(17)8-6-20-10-4-2-1-3-7(8)10/h1-4,8-9H,5-6H2,(H,14,17)(H,15,16)(H,18,19)/t8?,9-/m0/s1. The van der Waals surface area contributed by atoms with Crippen molar-refractivity contribution >= 4 is 29.6 Å². The Morgan fingerprint density at radius 1 is 1.30 bits per heavy atom. The van der Waals surface area contributed by atoms with E-state index in [4.69, 9.17) is 10.2 Å². The third kappa shape index (κ3) is 3.11. The molecule has 0 fully saturated rings. The summed E-state index contributed by atoms with van der Waals surface area (Å²) < 4.78 is 0. The lowest BCUT2D eigenvalue weighted by molar-refractivity contribution is -0.147. The van der Waals surface area contributed by atoms with Crippen molar-refractivity contribution in [2.45, 2.75) is 23.3 Å². The summed E-state index contributed by atoms with van der Waals surface area (Å²) in [4.78, 5) is 34.7. The van der Waals surface area contributed by atoms with E-state index in [2.05, 4.69) is 5.32 Å². The molecule has 1 amide bonds. The minimum absolute atomic E-state index is 0.438. The van der Waals surface area contributed by atoms with Gasteiger partial charge in [-0.15, -0.1) is 11.8 Å². The second-order valence-electron chi connectivity index (χ2n) is 4.40. The number of amides is 1. The quantitative estimate of drug-likeness (QED) is 0.746. The fourth-order valence-electron chi connectivity index (χ4n) is 2.03. The zero-order chi connectivity index (χ0) is 14.7. The zero-order valence-corrected chi connectivity index (χ0v) is 11.2. The number of carboxylic acids is 2. The van der Waals surface area contributed by atoms with E-state index in [0.717, 1.165) is 10.5 Å². The molecular formula is C13H13NO5S. The van der Waals surface area contributed by atoms with Crippen molar-refractivity contribution in [2.75, 3.05) is 5.75 Å². The predicted molar refractivity (Wildman–Crippen MR) is 71.7 cm³/mol. The maximum Gasteiger partial charge on any atom is 0.326 e. The maximum atomic E-state index is 12.1. The molecule has 1 aromatic carbocycles. The molecule has 2 atom stereocenters. The number of rotatable bonds is 5. The fraction of sp³-hybridized carbons (Fsp3) is 0.308. The SMILES string of the molecule is O=C(O)C[C@H](NC(=O)C1CSc2ccccc21)C(=O)O. The predicted octanol–water partition coefficient (Wildman–Crippen LogP) is 0.920. The summed E-state index contributed by atoms with van der Waals surface area (Å²) in [5, 5.41) is 19.9. The number of aliphatic carboxylic acids is 2. The molecule has 1 aliphatic rings. The molecule has 3 N–H and O–H groups in total. The molecular weight excluding hydrogens is 282 g/mol. The first kappa shape index (κ1) is 14.4. The van der Waals surface area contributed by atoms with Gasteiger partial charge in [0.05, 0.1) is 12.3 Å². The minimum Gasteiger partial charge on any atom is -0.481 e.